The zero-order chi connectivity index (χ0) is 18.1. The third-order valence-corrected chi connectivity index (χ3v) is 3.48. The second-order valence-electron chi connectivity index (χ2n) is 5.09. The molecule has 2 rings (SSSR count). The molecule has 0 aliphatic carbocycles. The summed E-state index contributed by atoms with van der Waals surface area (Å²) in [6.07, 6.45) is 3.00. The first-order valence-electron chi connectivity index (χ1n) is 7.95. The van der Waals surface area contributed by atoms with Gasteiger partial charge in [-0.15, -0.1) is 0 Å². The number of rotatable bonds is 8. The lowest BCUT2D eigenvalue weighted by molar-refractivity contribution is -0.138. The minimum atomic E-state index is -0.448. The van der Waals surface area contributed by atoms with Crippen LogP contribution in [-0.2, 0) is 16.1 Å². The Bertz CT molecular complexity index is 737. The fourth-order valence-corrected chi connectivity index (χ4v) is 2.24. The third-order valence-electron chi connectivity index (χ3n) is 3.48. The first-order valence-corrected chi connectivity index (χ1v) is 7.95. The van der Waals surface area contributed by atoms with E-state index >= 15 is 0 Å². The van der Waals surface area contributed by atoms with Crippen molar-refractivity contribution >= 4 is 12.0 Å². The molecule has 0 unspecified atom stereocenters. The maximum absolute atomic E-state index is 12.0. The second kappa shape index (κ2) is 9.37. The van der Waals surface area contributed by atoms with E-state index in [2.05, 4.69) is 0 Å². The molecule has 25 heavy (non-hydrogen) atoms. The molecule has 0 atom stereocenters. The van der Waals surface area contributed by atoms with Crippen molar-refractivity contribution in [2.75, 3.05) is 20.8 Å². The van der Waals surface area contributed by atoms with Gasteiger partial charge in [-0.3, -0.25) is 0 Å². The molecule has 0 radical (unpaired) electrons. The molecule has 0 bridgehead atoms. The summed E-state index contributed by atoms with van der Waals surface area (Å²) < 4.78 is 21.3. The standard InChI is InChI=1S/C20H22O5/c1-4-24-19-8-6-5-7-16(19)14-25-20(21)12-9-15-13-17(22-2)10-11-18(15)23-3/h5-13H,4,14H2,1-3H3/b12-9+. The number of benzene rings is 2. The topological polar surface area (TPSA) is 54.0 Å². The zero-order valence-electron chi connectivity index (χ0n) is 14.7. The van der Waals surface area contributed by atoms with Crippen molar-refractivity contribution in [1.29, 1.82) is 0 Å². The van der Waals surface area contributed by atoms with E-state index in [0.717, 1.165) is 16.9 Å². The Morgan fingerprint density at radius 2 is 1.84 bits per heavy atom. The van der Waals surface area contributed by atoms with Crippen LogP contribution in [0.25, 0.3) is 6.08 Å². The molecule has 0 saturated carbocycles. The SMILES string of the molecule is CCOc1ccccc1COC(=O)/C=C/c1cc(OC)ccc1OC. The van der Waals surface area contributed by atoms with Crippen LogP contribution < -0.4 is 14.2 Å². The zero-order valence-corrected chi connectivity index (χ0v) is 14.7. The van der Waals surface area contributed by atoms with E-state index in [9.17, 15) is 4.79 Å². The van der Waals surface area contributed by atoms with Gasteiger partial charge < -0.3 is 18.9 Å². The highest BCUT2D eigenvalue weighted by Crippen LogP contribution is 2.25. The Labute approximate surface area is 147 Å². The highest BCUT2D eigenvalue weighted by Gasteiger charge is 2.06. The molecule has 0 spiro atoms. The van der Waals surface area contributed by atoms with Gasteiger partial charge in [0.05, 0.1) is 20.8 Å². The predicted octanol–water partition coefficient (Wildman–Crippen LogP) is 3.86. The summed E-state index contributed by atoms with van der Waals surface area (Å²) >= 11 is 0. The van der Waals surface area contributed by atoms with Gasteiger partial charge in [-0.1, -0.05) is 18.2 Å². The van der Waals surface area contributed by atoms with Crippen molar-refractivity contribution in [2.24, 2.45) is 0 Å². The molecular formula is C20H22O5. The summed E-state index contributed by atoms with van der Waals surface area (Å²) in [6, 6.07) is 12.8. The number of para-hydroxylation sites is 1. The summed E-state index contributed by atoms with van der Waals surface area (Å²) in [5.74, 6) is 1.60. The first kappa shape index (κ1) is 18.4. The Morgan fingerprint density at radius 1 is 1.04 bits per heavy atom. The molecule has 0 saturated heterocycles. The van der Waals surface area contributed by atoms with Gasteiger partial charge in [-0.2, -0.15) is 0 Å². The van der Waals surface area contributed by atoms with Crippen molar-refractivity contribution in [3.63, 3.8) is 0 Å². The fraction of sp³-hybridized carbons (Fsp3) is 0.250. The Hall–Kier alpha value is -2.95. The minimum Gasteiger partial charge on any atom is -0.497 e. The number of esters is 1. The average molecular weight is 342 g/mol. The van der Waals surface area contributed by atoms with E-state index < -0.39 is 5.97 Å². The summed E-state index contributed by atoms with van der Waals surface area (Å²) in [5, 5.41) is 0. The highest BCUT2D eigenvalue weighted by atomic mass is 16.5. The summed E-state index contributed by atoms with van der Waals surface area (Å²) in [4.78, 5) is 12.0. The van der Waals surface area contributed by atoms with Gasteiger partial charge in [0, 0.05) is 17.2 Å². The average Bonchev–Trinajstić information content (AvgIpc) is 2.65. The lowest BCUT2D eigenvalue weighted by atomic mass is 10.1. The van der Waals surface area contributed by atoms with Crippen molar-refractivity contribution in [3.8, 4) is 17.2 Å². The molecule has 0 N–H and O–H groups in total. The van der Waals surface area contributed by atoms with Crippen LogP contribution in [0.4, 0.5) is 0 Å². The van der Waals surface area contributed by atoms with E-state index in [4.69, 9.17) is 18.9 Å². The maximum Gasteiger partial charge on any atom is 0.331 e. The van der Waals surface area contributed by atoms with Crippen LogP contribution in [0.2, 0.25) is 0 Å². The smallest absolute Gasteiger partial charge is 0.331 e. The molecule has 0 aliphatic heterocycles. The van der Waals surface area contributed by atoms with Crippen LogP contribution >= 0.6 is 0 Å². The van der Waals surface area contributed by atoms with Gasteiger partial charge in [0.25, 0.3) is 0 Å². The van der Waals surface area contributed by atoms with Gasteiger partial charge in [0.1, 0.15) is 23.9 Å². The number of hydrogen-bond donors (Lipinski definition) is 0. The van der Waals surface area contributed by atoms with Crippen LogP contribution in [-0.4, -0.2) is 26.8 Å². The molecule has 0 fully saturated rings. The molecule has 0 aromatic heterocycles. The van der Waals surface area contributed by atoms with Crippen molar-refractivity contribution in [1.82, 2.24) is 0 Å². The maximum atomic E-state index is 12.0. The van der Waals surface area contributed by atoms with Crippen LogP contribution in [0.15, 0.2) is 48.5 Å². The lowest BCUT2D eigenvalue weighted by Crippen LogP contribution is -2.03. The normalized spacial score (nSPS) is 10.5. The minimum absolute atomic E-state index is 0.147. The Kier molecular flexibility index (Phi) is 6.89. The second-order valence-corrected chi connectivity index (χ2v) is 5.09. The van der Waals surface area contributed by atoms with Crippen molar-refractivity contribution in [3.05, 3.63) is 59.7 Å². The summed E-state index contributed by atoms with van der Waals surface area (Å²) in [6.45, 7) is 2.61. The van der Waals surface area contributed by atoms with Gasteiger partial charge >= 0.3 is 5.97 Å². The molecule has 0 heterocycles. The molecule has 2 aromatic rings. The van der Waals surface area contributed by atoms with Gasteiger partial charge in [-0.05, 0) is 37.3 Å². The Balaban J connectivity index is 2.02. The van der Waals surface area contributed by atoms with E-state index in [1.54, 1.807) is 38.5 Å². The van der Waals surface area contributed by atoms with Gasteiger partial charge in [0.15, 0.2) is 0 Å². The third kappa shape index (κ3) is 5.28. The first-order chi connectivity index (χ1) is 12.2. The molecule has 5 nitrogen and oxygen atoms in total. The van der Waals surface area contributed by atoms with Gasteiger partial charge in [0.2, 0.25) is 0 Å². The fourth-order valence-electron chi connectivity index (χ4n) is 2.24. The highest BCUT2D eigenvalue weighted by molar-refractivity contribution is 5.87. The van der Waals surface area contributed by atoms with E-state index in [0.29, 0.717) is 18.1 Å². The lowest BCUT2D eigenvalue weighted by Gasteiger charge is -2.09. The van der Waals surface area contributed by atoms with E-state index in [1.165, 1.54) is 6.08 Å². The van der Waals surface area contributed by atoms with Crippen LogP contribution in [0.1, 0.15) is 18.1 Å². The molecule has 2 aromatic carbocycles. The molecule has 132 valence electrons. The predicted molar refractivity (Wildman–Crippen MR) is 96.0 cm³/mol. The Morgan fingerprint density at radius 3 is 2.56 bits per heavy atom. The van der Waals surface area contributed by atoms with Crippen LogP contribution in [0.3, 0.4) is 0 Å². The number of methoxy groups -OCH3 is 2. The van der Waals surface area contributed by atoms with Gasteiger partial charge in [-0.25, -0.2) is 4.79 Å². The summed E-state index contributed by atoms with van der Waals surface area (Å²) in [7, 11) is 3.15. The van der Waals surface area contributed by atoms with E-state index in [1.807, 2.05) is 31.2 Å². The number of ether oxygens (including phenoxy) is 4. The van der Waals surface area contributed by atoms with Crippen LogP contribution in [0, 0.1) is 0 Å². The number of hydrogen-bond acceptors (Lipinski definition) is 5. The largest absolute Gasteiger partial charge is 0.497 e. The molecule has 0 amide bonds. The van der Waals surface area contributed by atoms with Crippen molar-refractivity contribution in [2.45, 2.75) is 13.5 Å². The number of carbonyl (C=O) groups excluding carboxylic acids is 1. The molecule has 0 aliphatic rings. The molecular weight excluding hydrogens is 320 g/mol. The number of carbonyl (C=O) groups is 1. The molecule has 5 heteroatoms. The van der Waals surface area contributed by atoms with E-state index in [-0.39, 0.29) is 6.61 Å². The van der Waals surface area contributed by atoms with Crippen molar-refractivity contribution < 1.29 is 23.7 Å². The monoisotopic (exact) mass is 342 g/mol. The quantitative estimate of drug-likeness (QED) is 0.539. The van der Waals surface area contributed by atoms with Crippen LogP contribution in [0.5, 0.6) is 17.2 Å². The summed E-state index contributed by atoms with van der Waals surface area (Å²) in [5.41, 5.74) is 1.55.